The number of ether oxygens (including phenoxy) is 2. The quantitative estimate of drug-likeness (QED) is 0.680. The van der Waals surface area contributed by atoms with Crippen molar-refractivity contribution in [2.24, 2.45) is 0 Å². The minimum Gasteiger partial charge on any atom is -0.395 e. The minimum atomic E-state index is -0.484. The van der Waals surface area contributed by atoms with Gasteiger partial charge < -0.3 is 14.6 Å². The molecule has 1 unspecified atom stereocenters. The van der Waals surface area contributed by atoms with E-state index in [0.29, 0.717) is 13.2 Å². The van der Waals surface area contributed by atoms with Crippen LogP contribution < -0.4 is 0 Å². The molecule has 1 N–H and O–H groups in total. The molecule has 70 valence electrons. The van der Waals surface area contributed by atoms with Gasteiger partial charge in [-0.2, -0.15) is 0 Å². The average molecular weight is 208 g/mol. The van der Waals surface area contributed by atoms with Gasteiger partial charge in [0.05, 0.1) is 25.1 Å². The summed E-state index contributed by atoms with van der Waals surface area (Å²) in [6.07, 6.45) is 0. The van der Waals surface area contributed by atoms with Crippen molar-refractivity contribution in [3.05, 3.63) is 0 Å². The fourth-order valence-electron chi connectivity index (χ4n) is 1.47. The van der Waals surface area contributed by atoms with Gasteiger partial charge in [0, 0.05) is 10.8 Å². The first-order valence-electron chi connectivity index (χ1n) is 3.95. The first-order valence-corrected chi connectivity index (χ1v) is 6.16. The molecule has 2 aliphatic heterocycles. The fourth-order valence-corrected chi connectivity index (χ4v) is 4.18. The Morgan fingerprint density at radius 3 is 2.83 bits per heavy atom. The molecular formula is C7H12O3S2. The molecule has 0 aromatic rings. The van der Waals surface area contributed by atoms with E-state index in [1.807, 2.05) is 11.8 Å². The van der Waals surface area contributed by atoms with Crippen molar-refractivity contribution in [1.29, 1.82) is 0 Å². The van der Waals surface area contributed by atoms with Crippen molar-refractivity contribution < 1.29 is 14.6 Å². The summed E-state index contributed by atoms with van der Waals surface area (Å²) in [7, 11) is 0. The summed E-state index contributed by atoms with van der Waals surface area (Å²) >= 11 is 3.53. The third kappa shape index (κ3) is 1.48. The van der Waals surface area contributed by atoms with E-state index < -0.39 is 5.79 Å². The van der Waals surface area contributed by atoms with E-state index in [2.05, 4.69) is 0 Å². The Balaban J connectivity index is 2.07. The SMILES string of the molecule is OCC1SCSCC12OCCO2. The molecule has 2 aliphatic rings. The van der Waals surface area contributed by atoms with Gasteiger partial charge in [0.1, 0.15) is 0 Å². The third-order valence-corrected chi connectivity index (χ3v) is 4.82. The summed E-state index contributed by atoms with van der Waals surface area (Å²) in [5.74, 6) is 0.369. The van der Waals surface area contributed by atoms with Crippen LogP contribution in [-0.2, 0) is 9.47 Å². The predicted octanol–water partition coefficient (Wildman–Crippen LogP) is 0.528. The monoisotopic (exact) mass is 208 g/mol. The number of rotatable bonds is 1. The normalized spacial score (nSPS) is 34.2. The second-order valence-corrected chi connectivity index (χ2v) is 5.36. The standard InChI is InChI=1S/C7H12O3S2/c8-3-6-7(4-11-5-12-6)9-1-2-10-7/h6,8H,1-5H2. The molecule has 0 amide bonds. The van der Waals surface area contributed by atoms with E-state index in [1.54, 1.807) is 11.8 Å². The van der Waals surface area contributed by atoms with Crippen LogP contribution in [0.3, 0.4) is 0 Å². The van der Waals surface area contributed by atoms with Gasteiger partial charge >= 0.3 is 0 Å². The highest BCUT2D eigenvalue weighted by Gasteiger charge is 2.46. The van der Waals surface area contributed by atoms with Gasteiger partial charge in [-0.1, -0.05) is 0 Å². The lowest BCUT2D eigenvalue weighted by Crippen LogP contribution is -2.48. The Hall–Kier alpha value is 0.580. The molecule has 12 heavy (non-hydrogen) atoms. The molecule has 1 spiro atoms. The molecule has 3 nitrogen and oxygen atoms in total. The largest absolute Gasteiger partial charge is 0.395 e. The van der Waals surface area contributed by atoms with Gasteiger partial charge in [-0.05, 0) is 0 Å². The van der Waals surface area contributed by atoms with Crippen LogP contribution >= 0.6 is 23.5 Å². The summed E-state index contributed by atoms with van der Waals surface area (Å²) in [6, 6.07) is 0. The summed E-state index contributed by atoms with van der Waals surface area (Å²) in [5.41, 5.74) is 0. The lowest BCUT2D eigenvalue weighted by atomic mass is 10.2. The Bertz CT molecular complexity index is 159. The van der Waals surface area contributed by atoms with Crippen molar-refractivity contribution in [2.45, 2.75) is 11.0 Å². The van der Waals surface area contributed by atoms with E-state index in [0.717, 1.165) is 10.8 Å². The van der Waals surface area contributed by atoms with Crippen LogP contribution in [-0.4, -0.2) is 46.8 Å². The number of hydrogen-bond donors (Lipinski definition) is 1. The number of thioether (sulfide) groups is 2. The van der Waals surface area contributed by atoms with E-state index in [1.165, 1.54) is 0 Å². The van der Waals surface area contributed by atoms with Crippen LogP contribution in [0, 0.1) is 0 Å². The van der Waals surface area contributed by atoms with Gasteiger partial charge in [0.25, 0.3) is 0 Å². The minimum absolute atomic E-state index is 0.0984. The van der Waals surface area contributed by atoms with Gasteiger partial charge in [-0.3, -0.25) is 0 Å². The van der Waals surface area contributed by atoms with Crippen LogP contribution in [0.25, 0.3) is 0 Å². The molecule has 2 rings (SSSR count). The number of aliphatic hydroxyl groups is 1. The van der Waals surface area contributed by atoms with Crippen molar-refractivity contribution in [3.63, 3.8) is 0 Å². The maximum atomic E-state index is 9.13. The molecule has 5 heteroatoms. The molecule has 2 saturated heterocycles. The molecule has 0 aromatic carbocycles. The van der Waals surface area contributed by atoms with Crippen molar-refractivity contribution in [1.82, 2.24) is 0 Å². The van der Waals surface area contributed by atoms with E-state index in [-0.39, 0.29) is 11.9 Å². The molecule has 2 heterocycles. The smallest absolute Gasteiger partial charge is 0.191 e. The first-order chi connectivity index (χ1) is 5.87. The molecular weight excluding hydrogens is 196 g/mol. The zero-order valence-electron chi connectivity index (χ0n) is 6.69. The molecule has 1 atom stereocenters. The van der Waals surface area contributed by atoms with E-state index in [9.17, 15) is 0 Å². The predicted molar refractivity (Wildman–Crippen MR) is 50.4 cm³/mol. The van der Waals surface area contributed by atoms with Crippen molar-refractivity contribution in [3.8, 4) is 0 Å². The summed E-state index contributed by atoms with van der Waals surface area (Å²) in [5, 5.41) is 10.3. The van der Waals surface area contributed by atoms with Gasteiger partial charge in [-0.25, -0.2) is 0 Å². The number of aliphatic hydroxyl groups excluding tert-OH is 1. The molecule has 2 fully saturated rings. The lowest BCUT2D eigenvalue weighted by Gasteiger charge is -2.37. The van der Waals surface area contributed by atoms with Gasteiger partial charge in [0.2, 0.25) is 0 Å². The molecule has 0 aliphatic carbocycles. The zero-order chi connectivity index (χ0) is 8.44. The molecule has 0 bridgehead atoms. The third-order valence-electron chi connectivity index (χ3n) is 2.09. The molecule has 0 radical (unpaired) electrons. The van der Waals surface area contributed by atoms with Crippen LogP contribution in [0.2, 0.25) is 0 Å². The maximum Gasteiger partial charge on any atom is 0.191 e. The van der Waals surface area contributed by atoms with Crippen molar-refractivity contribution >= 4 is 23.5 Å². The summed E-state index contributed by atoms with van der Waals surface area (Å²) < 4.78 is 11.1. The highest BCUT2D eigenvalue weighted by atomic mass is 32.2. The second-order valence-electron chi connectivity index (χ2n) is 2.81. The Labute approximate surface area is 80.2 Å². The average Bonchev–Trinajstić information content (AvgIpc) is 2.55. The van der Waals surface area contributed by atoms with Crippen LogP contribution in [0.4, 0.5) is 0 Å². The Morgan fingerprint density at radius 1 is 1.42 bits per heavy atom. The molecule has 0 aromatic heterocycles. The Kier molecular flexibility index (Phi) is 2.86. The zero-order valence-corrected chi connectivity index (χ0v) is 8.33. The highest BCUT2D eigenvalue weighted by molar-refractivity contribution is 8.17. The number of hydrogen-bond acceptors (Lipinski definition) is 5. The summed E-state index contributed by atoms with van der Waals surface area (Å²) in [6.45, 7) is 1.47. The van der Waals surface area contributed by atoms with Crippen molar-refractivity contribution in [2.75, 3.05) is 30.7 Å². The van der Waals surface area contributed by atoms with Gasteiger partial charge in [0.15, 0.2) is 5.79 Å². The second kappa shape index (κ2) is 3.75. The van der Waals surface area contributed by atoms with Crippen LogP contribution in [0.1, 0.15) is 0 Å². The fraction of sp³-hybridized carbons (Fsp3) is 1.00. The maximum absolute atomic E-state index is 9.13. The topological polar surface area (TPSA) is 38.7 Å². The van der Waals surface area contributed by atoms with Gasteiger partial charge in [-0.15, -0.1) is 23.5 Å². The van der Waals surface area contributed by atoms with Crippen LogP contribution in [0.15, 0.2) is 0 Å². The Morgan fingerprint density at radius 2 is 2.17 bits per heavy atom. The summed E-state index contributed by atoms with van der Waals surface area (Å²) in [4.78, 5) is 0. The lowest BCUT2D eigenvalue weighted by molar-refractivity contribution is -0.143. The van der Waals surface area contributed by atoms with E-state index >= 15 is 0 Å². The van der Waals surface area contributed by atoms with E-state index in [4.69, 9.17) is 14.6 Å². The van der Waals surface area contributed by atoms with Crippen LogP contribution in [0.5, 0.6) is 0 Å². The first kappa shape index (κ1) is 9.15. The highest BCUT2D eigenvalue weighted by Crippen LogP contribution is 2.40. The molecule has 0 saturated carbocycles.